The van der Waals surface area contributed by atoms with Crippen LogP contribution in [0, 0.1) is 11.3 Å². The molecule has 2 atom stereocenters. The lowest BCUT2D eigenvalue weighted by molar-refractivity contribution is 0.152. The van der Waals surface area contributed by atoms with Crippen LogP contribution >= 0.6 is 0 Å². The van der Waals surface area contributed by atoms with Crippen LogP contribution in [0.2, 0.25) is 0 Å². The smallest absolute Gasteiger partial charge is 0.0522 e. The summed E-state index contributed by atoms with van der Waals surface area (Å²) in [7, 11) is 1.97. The molecule has 1 aliphatic rings. The highest BCUT2D eigenvalue weighted by atomic mass is 15.2. The van der Waals surface area contributed by atoms with E-state index in [1.807, 2.05) is 17.9 Å². The minimum atomic E-state index is 0.504. The summed E-state index contributed by atoms with van der Waals surface area (Å²) >= 11 is 0. The van der Waals surface area contributed by atoms with Gasteiger partial charge in [-0.25, -0.2) is 0 Å². The minimum Gasteiger partial charge on any atom is -0.314 e. The predicted molar refractivity (Wildman–Crippen MR) is 75.5 cm³/mol. The third-order valence-corrected chi connectivity index (χ3v) is 3.99. The van der Waals surface area contributed by atoms with E-state index in [0.717, 1.165) is 18.9 Å². The number of hydrogen-bond acceptors (Lipinski definition) is 2. The van der Waals surface area contributed by atoms with Crippen LogP contribution < -0.4 is 5.32 Å². The fourth-order valence-corrected chi connectivity index (χ4v) is 3.52. The Hall–Kier alpha value is -0.830. The van der Waals surface area contributed by atoms with Crippen LogP contribution in [0.3, 0.4) is 0 Å². The molecule has 0 saturated heterocycles. The van der Waals surface area contributed by atoms with E-state index in [4.69, 9.17) is 0 Å². The second-order valence-electron chi connectivity index (χ2n) is 6.84. The Morgan fingerprint density at radius 2 is 2.22 bits per heavy atom. The van der Waals surface area contributed by atoms with E-state index in [1.54, 1.807) is 0 Å². The molecule has 3 heteroatoms. The highest BCUT2D eigenvalue weighted by molar-refractivity contribution is 5.04. The lowest BCUT2D eigenvalue weighted by Gasteiger charge is -2.39. The molecule has 3 nitrogen and oxygen atoms in total. The third kappa shape index (κ3) is 3.84. The van der Waals surface area contributed by atoms with Gasteiger partial charge in [0.05, 0.1) is 6.20 Å². The molecule has 1 aliphatic carbocycles. The van der Waals surface area contributed by atoms with Crippen molar-refractivity contribution >= 4 is 0 Å². The number of aromatic nitrogens is 2. The number of aryl methyl sites for hydroxylation is 1. The molecule has 0 radical (unpaired) electrons. The van der Waals surface area contributed by atoms with Gasteiger partial charge in [0.1, 0.15) is 0 Å². The lowest BCUT2D eigenvalue weighted by Crippen LogP contribution is -2.40. The van der Waals surface area contributed by atoms with Gasteiger partial charge >= 0.3 is 0 Å². The second kappa shape index (κ2) is 5.43. The van der Waals surface area contributed by atoms with Crippen molar-refractivity contribution in [3.05, 3.63) is 18.0 Å². The van der Waals surface area contributed by atoms with Gasteiger partial charge in [0.2, 0.25) is 0 Å². The fourth-order valence-electron chi connectivity index (χ4n) is 3.52. The van der Waals surface area contributed by atoms with E-state index < -0.39 is 0 Å². The van der Waals surface area contributed by atoms with Gasteiger partial charge in [-0.05, 0) is 49.1 Å². The van der Waals surface area contributed by atoms with Crippen molar-refractivity contribution in [2.45, 2.75) is 52.5 Å². The van der Waals surface area contributed by atoms with Crippen molar-refractivity contribution in [1.29, 1.82) is 0 Å². The Labute approximate surface area is 111 Å². The first-order valence-corrected chi connectivity index (χ1v) is 7.15. The molecule has 0 aliphatic heterocycles. The summed E-state index contributed by atoms with van der Waals surface area (Å²) in [5.41, 5.74) is 1.83. The molecule has 0 bridgehead atoms. The molecular weight excluding hydrogens is 222 g/mol. The maximum Gasteiger partial charge on any atom is 0.0522 e. The number of rotatable bonds is 4. The monoisotopic (exact) mass is 249 g/mol. The van der Waals surface area contributed by atoms with E-state index in [-0.39, 0.29) is 0 Å². The molecule has 1 aromatic rings. The normalized spacial score (nSPS) is 27.3. The predicted octanol–water partition coefficient (Wildman–Crippen LogP) is 2.77. The lowest BCUT2D eigenvalue weighted by atomic mass is 9.70. The molecule has 1 aromatic heterocycles. The standard InChI is InChI=1S/C15H27N3/c1-12-7-14(9-15(2,3)8-12)16-6-5-13-10-17-18(4)11-13/h10-12,14,16H,5-9H2,1-4H3. The molecule has 0 aromatic carbocycles. The van der Waals surface area contributed by atoms with Crippen molar-refractivity contribution < 1.29 is 0 Å². The van der Waals surface area contributed by atoms with Crippen LogP contribution in [0.1, 0.15) is 45.6 Å². The fraction of sp³-hybridized carbons (Fsp3) is 0.800. The molecule has 1 N–H and O–H groups in total. The van der Waals surface area contributed by atoms with Crippen molar-refractivity contribution in [2.75, 3.05) is 6.54 Å². The van der Waals surface area contributed by atoms with Gasteiger partial charge in [-0.15, -0.1) is 0 Å². The highest BCUT2D eigenvalue weighted by Crippen LogP contribution is 2.38. The van der Waals surface area contributed by atoms with Gasteiger partial charge in [0.25, 0.3) is 0 Å². The number of hydrogen-bond donors (Lipinski definition) is 1. The topological polar surface area (TPSA) is 29.9 Å². The van der Waals surface area contributed by atoms with Gasteiger partial charge in [-0.1, -0.05) is 20.8 Å². The Bertz CT molecular complexity index is 381. The van der Waals surface area contributed by atoms with Gasteiger partial charge < -0.3 is 5.32 Å². The maximum absolute atomic E-state index is 4.21. The summed E-state index contributed by atoms with van der Waals surface area (Å²) in [6.07, 6.45) is 9.16. The van der Waals surface area contributed by atoms with Crippen molar-refractivity contribution in [1.82, 2.24) is 15.1 Å². The summed E-state index contributed by atoms with van der Waals surface area (Å²) < 4.78 is 1.88. The molecule has 102 valence electrons. The zero-order valence-corrected chi connectivity index (χ0v) is 12.2. The van der Waals surface area contributed by atoms with E-state index in [9.17, 15) is 0 Å². The number of nitrogens with one attached hydrogen (secondary N) is 1. The molecule has 1 heterocycles. The zero-order chi connectivity index (χ0) is 13.2. The van der Waals surface area contributed by atoms with E-state index >= 15 is 0 Å². The maximum atomic E-state index is 4.21. The van der Waals surface area contributed by atoms with Crippen LogP contribution in [0.15, 0.2) is 12.4 Å². The third-order valence-electron chi connectivity index (χ3n) is 3.99. The van der Waals surface area contributed by atoms with Gasteiger partial charge in [0, 0.05) is 19.3 Å². The first kappa shape index (κ1) is 13.6. The van der Waals surface area contributed by atoms with Crippen LogP contribution in [0.5, 0.6) is 0 Å². The Morgan fingerprint density at radius 3 is 2.83 bits per heavy atom. The van der Waals surface area contributed by atoms with Gasteiger partial charge in [-0.3, -0.25) is 4.68 Å². The summed E-state index contributed by atoms with van der Waals surface area (Å²) in [5, 5.41) is 7.93. The van der Waals surface area contributed by atoms with Crippen LogP contribution in [0.4, 0.5) is 0 Å². The summed E-state index contributed by atoms with van der Waals surface area (Å²) in [4.78, 5) is 0. The average Bonchev–Trinajstić information content (AvgIpc) is 2.61. The molecule has 1 saturated carbocycles. The van der Waals surface area contributed by atoms with Crippen LogP contribution in [0.25, 0.3) is 0 Å². The Balaban J connectivity index is 1.76. The van der Waals surface area contributed by atoms with Crippen LogP contribution in [-0.4, -0.2) is 22.4 Å². The van der Waals surface area contributed by atoms with Crippen molar-refractivity contribution in [3.8, 4) is 0 Å². The van der Waals surface area contributed by atoms with E-state index in [2.05, 4.69) is 37.4 Å². The second-order valence-corrected chi connectivity index (χ2v) is 6.84. The Kier molecular flexibility index (Phi) is 4.10. The Morgan fingerprint density at radius 1 is 1.44 bits per heavy atom. The summed E-state index contributed by atoms with van der Waals surface area (Å²) in [6.45, 7) is 8.26. The summed E-state index contributed by atoms with van der Waals surface area (Å²) in [6, 6.07) is 0.695. The quantitative estimate of drug-likeness (QED) is 0.889. The molecular formula is C15H27N3. The van der Waals surface area contributed by atoms with Crippen LogP contribution in [-0.2, 0) is 13.5 Å². The molecule has 1 fully saturated rings. The van der Waals surface area contributed by atoms with E-state index in [1.165, 1.54) is 24.8 Å². The molecule has 2 unspecified atom stereocenters. The molecule has 0 amide bonds. The molecule has 18 heavy (non-hydrogen) atoms. The van der Waals surface area contributed by atoms with Gasteiger partial charge in [0.15, 0.2) is 0 Å². The van der Waals surface area contributed by atoms with Crippen molar-refractivity contribution in [2.24, 2.45) is 18.4 Å². The molecule has 2 rings (SSSR count). The highest BCUT2D eigenvalue weighted by Gasteiger charge is 2.31. The molecule has 0 spiro atoms. The number of nitrogens with zero attached hydrogens (tertiary/aromatic N) is 2. The van der Waals surface area contributed by atoms with Gasteiger partial charge in [-0.2, -0.15) is 5.10 Å². The first-order valence-electron chi connectivity index (χ1n) is 7.15. The van der Waals surface area contributed by atoms with Crippen molar-refractivity contribution in [3.63, 3.8) is 0 Å². The zero-order valence-electron chi connectivity index (χ0n) is 12.2. The SMILES string of the molecule is CC1CC(NCCc2cnn(C)c2)CC(C)(C)C1. The largest absolute Gasteiger partial charge is 0.314 e. The summed E-state index contributed by atoms with van der Waals surface area (Å²) in [5.74, 6) is 0.852. The first-order chi connectivity index (χ1) is 8.44. The van der Waals surface area contributed by atoms with E-state index in [0.29, 0.717) is 11.5 Å². The average molecular weight is 249 g/mol. The minimum absolute atomic E-state index is 0.504.